The van der Waals surface area contributed by atoms with Gasteiger partial charge in [0.15, 0.2) is 0 Å². The van der Waals surface area contributed by atoms with Gasteiger partial charge < -0.3 is 10.1 Å². The van der Waals surface area contributed by atoms with Crippen LogP contribution in [0.1, 0.15) is 63.1 Å². The molecule has 1 aromatic carbocycles. The molecule has 1 fully saturated rings. The SMILES string of the molecule is CCNC(c1ccc(OC)cc1C)C1CCC(CC)CC1. The van der Waals surface area contributed by atoms with Crippen molar-refractivity contribution in [1.82, 2.24) is 5.32 Å². The van der Waals surface area contributed by atoms with E-state index in [4.69, 9.17) is 4.74 Å². The number of methoxy groups -OCH3 is 1. The highest BCUT2D eigenvalue weighted by Crippen LogP contribution is 2.39. The number of aryl methyl sites for hydroxylation is 1. The minimum absolute atomic E-state index is 0.499. The highest BCUT2D eigenvalue weighted by Gasteiger charge is 2.28. The van der Waals surface area contributed by atoms with Crippen LogP contribution in [0.3, 0.4) is 0 Å². The van der Waals surface area contributed by atoms with Gasteiger partial charge in [-0.15, -0.1) is 0 Å². The molecule has 1 aromatic rings. The summed E-state index contributed by atoms with van der Waals surface area (Å²) < 4.78 is 5.34. The number of ether oxygens (including phenoxy) is 1. The average Bonchev–Trinajstić information content (AvgIpc) is 2.53. The monoisotopic (exact) mass is 289 g/mol. The largest absolute Gasteiger partial charge is 0.497 e. The molecule has 0 spiro atoms. The van der Waals surface area contributed by atoms with E-state index in [-0.39, 0.29) is 0 Å². The Morgan fingerprint density at radius 2 is 1.90 bits per heavy atom. The van der Waals surface area contributed by atoms with Crippen LogP contribution >= 0.6 is 0 Å². The Balaban J connectivity index is 2.15. The van der Waals surface area contributed by atoms with E-state index in [1.807, 2.05) is 0 Å². The number of rotatable bonds is 6. The third-order valence-electron chi connectivity index (χ3n) is 5.18. The van der Waals surface area contributed by atoms with E-state index < -0.39 is 0 Å². The zero-order valence-electron chi connectivity index (χ0n) is 14.1. The molecule has 2 rings (SSSR count). The molecule has 0 heterocycles. The smallest absolute Gasteiger partial charge is 0.119 e. The van der Waals surface area contributed by atoms with Crippen molar-refractivity contribution in [2.45, 2.75) is 58.9 Å². The lowest BCUT2D eigenvalue weighted by Gasteiger charge is -2.35. The second-order valence-corrected chi connectivity index (χ2v) is 6.45. The number of hydrogen-bond acceptors (Lipinski definition) is 2. The van der Waals surface area contributed by atoms with Gasteiger partial charge >= 0.3 is 0 Å². The van der Waals surface area contributed by atoms with E-state index in [1.165, 1.54) is 43.2 Å². The predicted octanol–water partition coefficient (Wildman–Crippen LogP) is 4.87. The summed E-state index contributed by atoms with van der Waals surface area (Å²) in [4.78, 5) is 0. The summed E-state index contributed by atoms with van der Waals surface area (Å²) in [6, 6.07) is 7.02. The predicted molar refractivity (Wildman–Crippen MR) is 89.9 cm³/mol. The van der Waals surface area contributed by atoms with Gasteiger partial charge in [0.25, 0.3) is 0 Å². The molecule has 1 N–H and O–H groups in total. The van der Waals surface area contributed by atoms with Crippen LogP contribution in [0.15, 0.2) is 18.2 Å². The first-order chi connectivity index (χ1) is 10.2. The van der Waals surface area contributed by atoms with Gasteiger partial charge in [0.2, 0.25) is 0 Å². The standard InChI is InChI=1S/C19H31NO/c1-5-15-7-9-16(10-8-15)19(20-6-2)18-12-11-17(21-4)13-14(18)3/h11-13,15-16,19-20H,5-10H2,1-4H3. The summed E-state index contributed by atoms with van der Waals surface area (Å²) in [5, 5.41) is 3.74. The normalized spacial score (nSPS) is 23.8. The lowest BCUT2D eigenvalue weighted by atomic mass is 9.75. The molecular formula is C19H31NO. The van der Waals surface area contributed by atoms with Gasteiger partial charge in [0, 0.05) is 6.04 Å². The average molecular weight is 289 g/mol. The summed E-state index contributed by atoms with van der Waals surface area (Å²) in [7, 11) is 1.74. The minimum atomic E-state index is 0.499. The van der Waals surface area contributed by atoms with E-state index in [0.717, 1.165) is 24.1 Å². The zero-order valence-corrected chi connectivity index (χ0v) is 14.1. The summed E-state index contributed by atoms with van der Waals surface area (Å²) in [6.07, 6.45) is 6.87. The fourth-order valence-corrected chi connectivity index (χ4v) is 3.80. The first kappa shape index (κ1) is 16.4. The van der Waals surface area contributed by atoms with Crippen LogP contribution in [-0.2, 0) is 0 Å². The number of nitrogens with one attached hydrogen (secondary N) is 1. The van der Waals surface area contributed by atoms with Crippen LogP contribution < -0.4 is 10.1 Å². The zero-order chi connectivity index (χ0) is 15.2. The molecule has 2 heteroatoms. The fourth-order valence-electron chi connectivity index (χ4n) is 3.80. The highest BCUT2D eigenvalue weighted by molar-refractivity contribution is 5.37. The highest BCUT2D eigenvalue weighted by atomic mass is 16.5. The van der Waals surface area contributed by atoms with Crippen molar-refractivity contribution in [2.24, 2.45) is 11.8 Å². The van der Waals surface area contributed by atoms with E-state index in [2.05, 4.69) is 44.3 Å². The van der Waals surface area contributed by atoms with Crippen LogP contribution in [0.5, 0.6) is 5.75 Å². The number of benzene rings is 1. The van der Waals surface area contributed by atoms with Crippen LogP contribution in [0, 0.1) is 18.8 Å². The third-order valence-corrected chi connectivity index (χ3v) is 5.18. The molecule has 1 atom stereocenters. The van der Waals surface area contributed by atoms with E-state index >= 15 is 0 Å². The maximum absolute atomic E-state index is 5.34. The molecule has 1 aliphatic rings. The van der Waals surface area contributed by atoms with Gasteiger partial charge in [0.1, 0.15) is 5.75 Å². The Bertz CT molecular complexity index is 435. The molecule has 0 bridgehead atoms. The van der Waals surface area contributed by atoms with Crippen LogP contribution in [0.2, 0.25) is 0 Å². The third kappa shape index (κ3) is 4.00. The minimum Gasteiger partial charge on any atom is -0.497 e. The second-order valence-electron chi connectivity index (χ2n) is 6.45. The van der Waals surface area contributed by atoms with Crippen molar-refractivity contribution in [3.63, 3.8) is 0 Å². The Morgan fingerprint density at radius 3 is 2.43 bits per heavy atom. The molecule has 0 aromatic heterocycles. The molecule has 0 saturated heterocycles. The molecule has 21 heavy (non-hydrogen) atoms. The molecule has 1 saturated carbocycles. The van der Waals surface area contributed by atoms with Crippen molar-refractivity contribution >= 4 is 0 Å². The second kappa shape index (κ2) is 7.84. The van der Waals surface area contributed by atoms with Crippen molar-refractivity contribution in [2.75, 3.05) is 13.7 Å². The molecule has 118 valence electrons. The maximum atomic E-state index is 5.34. The van der Waals surface area contributed by atoms with Crippen molar-refractivity contribution < 1.29 is 4.74 Å². The van der Waals surface area contributed by atoms with Crippen LogP contribution in [0.25, 0.3) is 0 Å². The summed E-state index contributed by atoms with van der Waals surface area (Å²) in [5.41, 5.74) is 2.80. The molecule has 0 aliphatic heterocycles. The molecule has 2 nitrogen and oxygen atoms in total. The van der Waals surface area contributed by atoms with E-state index in [9.17, 15) is 0 Å². The van der Waals surface area contributed by atoms with Gasteiger partial charge in [-0.25, -0.2) is 0 Å². The maximum Gasteiger partial charge on any atom is 0.119 e. The molecule has 0 amide bonds. The number of hydrogen-bond donors (Lipinski definition) is 1. The first-order valence-electron chi connectivity index (χ1n) is 8.57. The molecule has 1 aliphatic carbocycles. The summed E-state index contributed by atoms with van der Waals surface area (Å²) in [5.74, 6) is 2.70. The van der Waals surface area contributed by atoms with Gasteiger partial charge in [-0.1, -0.05) is 39.2 Å². The van der Waals surface area contributed by atoms with Crippen molar-refractivity contribution in [3.8, 4) is 5.75 Å². The Labute approximate surface area is 130 Å². The van der Waals surface area contributed by atoms with E-state index in [0.29, 0.717) is 6.04 Å². The summed E-state index contributed by atoms with van der Waals surface area (Å²) in [6.45, 7) is 7.79. The Morgan fingerprint density at radius 1 is 1.19 bits per heavy atom. The van der Waals surface area contributed by atoms with Gasteiger partial charge in [-0.05, 0) is 61.4 Å². The Kier molecular flexibility index (Phi) is 6.10. The molecule has 1 unspecified atom stereocenters. The quantitative estimate of drug-likeness (QED) is 0.806. The van der Waals surface area contributed by atoms with Crippen molar-refractivity contribution in [3.05, 3.63) is 29.3 Å². The molecular weight excluding hydrogens is 258 g/mol. The van der Waals surface area contributed by atoms with Gasteiger partial charge in [-0.3, -0.25) is 0 Å². The lowest BCUT2D eigenvalue weighted by molar-refractivity contribution is 0.219. The van der Waals surface area contributed by atoms with Crippen molar-refractivity contribution in [1.29, 1.82) is 0 Å². The van der Waals surface area contributed by atoms with Gasteiger partial charge in [0.05, 0.1) is 7.11 Å². The summed E-state index contributed by atoms with van der Waals surface area (Å²) >= 11 is 0. The topological polar surface area (TPSA) is 21.3 Å². The Hall–Kier alpha value is -1.02. The molecule has 0 radical (unpaired) electrons. The van der Waals surface area contributed by atoms with E-state index in [1.54, 1.807) is 7.11 Å². The first-order valence-corrected chi connectivity index (χ1v) is 8.57. The lowest BCUT2D eigenvalue weighted by Crippen LogP contribution is -2.31. The van der Waals surface area contributed by atoms with Gasteiger partial charge in [-0.2, -0.15) is 0 Å². The fraction of sp³-hybridized carbons (Fsp3) is 0.684. The van der Waals surface area contributed by atoms with Crippen LogP contribution in [-0.4, -0.2) is 13.7 Å². The van der Waals surface area contributed by atoms with Crippen LogP contribution in [0.4, 0.5) is 0 Å².